The van der Waals surface area contributed by atoms with E-state index in [1.807, 2.05) is 7.05 Å². The summed E-state index contributed by atoms with van der Waals surface area (Å²) in [6.45, 7) is 0.635. The lowest BCUT2D eigenvalue weighted by molar-refractivity contribution is 0.0914. The molecule has 0 unspecified atom stereocenters. The fourth-order valence-electron chi connectivity index (χ4n) is 3.65. The van der Waals surface area contributed by atoms with Crippen molar-refractivity contribution < 1.29 is 14.6 Å². The summed E-state index contributed by atoms with van der Waals surface area (Å²) in [5.74, 6) is 1.03. The Bertz CT molecular complexity index is 975. The number of rotatable bonds is 8. The van der Waals surface area contributed by atoms with Crippen LogP contribution in [0, 0.1) is 0 Å². The highest BCUT2D eigenvalue weighted by Gasteiger charge is 2.21. The van der Waals surface area contributed by atoms with E-state index in [2.05, 4.69) is 40.0 Å². The van der Waals surface area contributed by atoms with Crippen LogP contribution in [0.25, 0.3) is 0 Å². The molecule has 1 heterocycles. The Balaban J connectivity index is 1.19. The third kappa shape index (κ3) is 5.06. The van der Waals surface area contributed by atoms with Crippen molar-refractivity contribution in [2.24, 2.45) is 7.05 Å². The van der Waals surface area contributed by atoms with Gasteiger partial charge in [0.05, 0.1) is 18.5 Å². The fraction of sp³-hybridized carbons (Fsp3) is 0.304. The number of benzene rings is 2. The molecule has 3 N–H and O–H groups in total. The minimum Gasteiger partial charge on any atom is -0.454 e. The molecule has 0 saturated carbocycles. The molecule has 0 spiro atoms. The van der Waals surface area contributed by atoms with Crippen molar-refractivity contribution >= 4 is 5.91 Å². The summed E-state index contributed by atoms with van der Waals surface area (Å²) < 4.78 is 7.33. The molecule has 156 valence electrons. The third-order valence-electron chi connectivity index (χ3n) is 5.22. The first-order valence-electron chi connectivity index (χ1n) is 10.1. The normalized spacial score (nSPS) is 14.3. The predicted molar refractivity (Wildman–Crippen MR) is 114 cm³/mol. The molecule has 0 radical (unpaired) electrons. The van der Waals surface area contributed by atoms with Crippen molar-refractivity contribution in [3.63, 3.8) is 0 Å². The number of amides is 1. The van der Waals surface area contributed by atoms with Crippen LogP contribution in [0.4, 0.5) is 0 Å². The Morgan fingerprint density at radius 3 is 2.47 bits per heavy atom. The van der Waals surface area contributed by atoms with Gasteiger partial charge in [-0.25, -0.2) is 0 Å². The zero-order valence-corrected chi connectivity index (χ0v) is 16.9. The first-order valence-corrected chi connectivity index (χ1v) is 10.1. The van der Waals surface area contributed by atoms with E-state index in [0.717, 1.165) is 12.8 Å². The largest absolute Gasteiger partial charge is 0.454 e. The Morgan fingerprint density at radius 2 is 1.83 bits per heavy atom. The van der Waals surface area contributed by atoms with E-state index in [1.165, 1.54) is 11.1 Å². The van der Waals surface area contributed by atoms with Gasteiger partial charge in [0.2, 0.25) is 0 Å². The molecule has 30 heavy (non-hydrogen) atoms. The van der Waals surface area contributed by atoms with Gasteiger partial charge in [-0.1, -0.05) is 24.3 Å². The van der Waals surface area contributed by atoms with Crippen LogP contribution in [-0.4, -0.2) is 46.0 Å². The molecule has 2 aromatic carbocycles. The maximum absolute atomic E-state index is 12.3. The van der Waals surface area contributed by atoms with Gasteiger partial charge in [0, 0.05) is 31.7 Å². The van der Waals surface area contributed by atoms with Gasteiger partial charge in [0.25, 0.3) is 5.91 Å². The number of ether oxygens (including phenoxy) is 1. The van der Waals surface area contributed by atoms with Crippen molar-refractivity contribution in [2.45, 2.75) is 25.0 Å². The van der Waals surface area contributed by atoms with Crippen molar-refractivity contribution in [3.05, 3.63) is 77.6 Å². The molecular weight excluding hydrogens is 380 g/mol. The minimum absolute atomic E-state index is 0.194. The van der Waals surface area contributed by atoms with Crippen molar-refractivity contribution in [1.29, 1.82) is 0 Å². The highest BCUT2D eigenvalue weighted by atomic mass is 16.5. The number of carbonyl (C=O) groups excluding carboxylic acids is 1. The topological polar surface area (TPSA) is 88.4 Å². The second kappa shape index (κ2) is 9.11. The lowest BCUT2D eigenvalue weighted by Gasteiger charge is -2.17. The number of carbonyl (C=O) groups is 1. The minimum atomic E-state index is -0.647. The van der Waals surface area contributed by atoms with E-state index in [-0.39, 0.29) is 12.5 Å². The molecule has 0 fully saturated rings. The molecule has 0 saturated heterocycles. The molecule has 0 aliphatic heterocycles. The number of hydrogen-bond acceptors (Lipinski definition) is 5. The first kappa shape index (κ1) is 20.1. The Labute approximate surface area is 175 Å². The summed E-state index contributed by atoms with van der Waals surface area (Å²) in [7, 11) is 1.82. The van der Waals surface area contributed by atoms with Crippen molar-refractivity contribution in [3.8, 4) is 11.5 Å². The number of nitrogens with one attached hydrogen (secondary N) is 2. The molecule has 0 bridgehead atoms. The van der Waals surface area contributed by atoms with E-state index in [0.29, 0.717) is 29.6 Å². The van der Waals surface area contributed by atoms with Crippen LogP contribution in [0.1, 0.15) is 21.5 Å². The van der Waals surface area contributed by atoms with Crippen LogP contribution in [-0.2, 0) is 19.9 Å². The molecule has 3 aromatic rings. The van der Waals surface area contributed by atoms with Crippen LogP contribution in [0.15, 0.2) is 60.9 Å². The summed E-state index contributed by atoms with van der Waals surface area (Å²) in [6, 6.07) is 15.6. The molecule has 1 aromatic heterocycles. The number of aliphatic hydroxyl groups is 1. The average Bonchev–Trinajstić information content (AvgIpc) is 3.36. The van der Waals surface area contributed by atoms with Crippen LogP contribution in [0.2, 0.25) is 0 Å². The molecule has 1 atom stereocenters. The second-order valence-corrected chi connectivity index (χ2v) is 7.62. The van der Waals surface area contributed by atoms with Gasteiger partial charge in [0.15, 0.2) is 5.75 Å². The Hall–Kier alpha value is -3.16. The Morgan fingerprint density at radius 1 is 1.13 bits per heavy atom. The summed E-state index contributed by atoms with van der Waals surface area (Å²) in [4.78, 5) is 12.3. The molecule has 1 aliphatic rings. The van der Waals surface area contributed by atoms with Crippen LogP contribution in [0.5, 0.6) is 11.5 Å². The fourth-order valence-corrected chi connectivity index (χ4v) is 3.65. The van der Waals surface area contributed by atoms with Gasteiger partial charge < -0.3 is 20.5 Å². The van der Waals surface area contributed by atoms with Crippen molar-refractivity contribution in [1.82, 2.24) is 20.4 Å². The summed E-state index contributed by atoms with van der Waals surface area (Å²) in [6.07, 6.45) is 4.69. The smallest absolute Gasteiger partial charge is 0.251 e. The quantitative estimate of drug-likeness (QED) is 0.533. The van der Waals surface area contributed by atoms with Gasteiger partial charge in [0.1, 0.15) is 5.75 Å². The molecule has 1 aliphatic carbocycles. The summed E-state index contributed by atoms with van der Waals surface area (Å²) >= 11 is 0. The highest BCUT2D eigenvalue weighted by molar-refractivity contribution is 5.94. The van der Waals surface area contributed by atoms with Gasteiger partial charge in [-0.15, -0.1) is 0 Å². The highest BCUT2D eigenvalue weighted by Crippen LogP contribution is 2.22. The monoisotopic (exact) mass is 406 g/mol. The zero-order valence-electron chi connectivity index (χ0n) is 16.9. The van der Waals surface area contributed by atoms with Gasteiger partial charge in [-0.2, -0.15) is 5.10 Å². The zero-order chi connectivity index (χ0) is 20.9. The number of hydrogen-bond donors (Lipinski definition) is 3. The number of aromatic nitrogens is 2. The number of aliphatic hydroxyl groups excluding tert-OH is 1. The number of aryl methyl sites for hydroxylation is 1. The van der Waals surface area contributed by atoms with E-state index < -0.39 is 6.10 Å². The summed E-state index contributed by atoms with van der Waals surface area (Å²) in [5, 5.41) is 20.5. The average molecular weight is 406 g/mol. The molecule has 4 rings (SSSR count). The maximum atomic E-state index is 12.3. The molecule has 1 amide bonds. The number of nitrogens with zero attached hydrogens (tertiary/aromatic N) is 2. The van der Waals surface area contributed by atoms with E-state index in [4.69, 9.17) is 4.74 Å². The maximum Gasteiger partial charge on any atom is 0.251 e. The lowest BCUT2D eigenvalue weighted by Crippen LogP contribution is -2.41. The van der Waals surface area contributed by atoms with Crippen molar-refractivity contribution in [2.75, 3.05) is 13.1 Å². The van der Waals surface area contributed by atoms with Gasteiger partial charge in [-0.05, 0) is 48.2 Å². The van der Waals surface area contributed by atoms with Gasteiger partial charge >= 0.3 is 0 Å². The predicted octanol–water partition coefficient (Wildman–Crippen LogP) is 2.06. The van der Waals surface area contributed by atoms with Crippen LogP contribution >= 0.6 is 0 Å². The Kier molecular flexibility index (Phi) is 6.11. The van der Waals surface area contributed by atoms with Crippen LogP contribution < -0.4 is 15.4 Å². The van der Waals surface area contributed by atoms with E-state index in [1.54, 1.807) is 41.3 Å². The summed E-state index contributed by atoms with van der Waals surface area (Å²) in [5.41, 5.74) is 3.25. The SMILES string of the molecule is Cn1cc(Oc2ccc(C(=O)NC[C@@H](O)CNC3Cc4ccccc4C3)cc2)cn1. The third-order valence-corrected chi connectivity index (χ3v) is 5.22. The number of fused-ring (bicyclic) bond motifs is 1. The molecule has 7 heteroatoms. The van der Waals surface area contributed by atoms with E-state index >= 15 is 0 Å². The first-order chi connectivity index (χ1) is 14.6. The molecular formula is C23H26N4O3. The molecule has 7 nitrogen and oxygen atoms in total. The standard InChI is InChI=1S/C23H26N4O3/c1-27-15-22(14-26-27)30-21-8-6-16(7-9-21)23(29)25-13-20(28)12-24-19-10-17-4-2-3-5-18(17)11-19/h2-9,14-15,19-20,24,28H,10-13H2,1H3,(H,25,29)/t20-/m0/s1. The van der Waals surface area contributed by atoms with E-state index in [9.17, 15) is 9.90 Å². The second-order valence-electron chi connectivity index (χ2n) is 7.62. The lowest BCUT2D eigenvalue weighted by atomic mass is 10.1. The van der Waals surface area contributed by atoms with Gasteiger partial charge in [-0.3, -0.25) is 9.48 Å². The van der Waals surface area contributed by atoms with Crippen LogP contribution in [0.3, 0.4) is 0 Å².